The molecule has 14 heavy (non-hydrogen) atoms. The molecule has 0 aliphatic heterocycles. The molecule has 1 rings (SSSR count). The van der Waals surface area contributed by atoms with Gasteiger partial charge in [-0.05, 0) is 12.0 Å². The van der Waals surface area contributed by atoms with Gasteiger partial charge in [-0.25, -0.2) is 0 Å². The fourth-order valence-electron chi connectivity index (χ4n) is 1.05. The third-order valence-electron chi connectivity index (χ3n) is 1.84. The van der Waals surface area contributed by atoms with Gasteiger partial charge in [0.2, 0.25) is 0 Å². The molecule has 0 atom stereocenters. The number of rotatable bonds is 2. The van der Waals surface area contributed by atoms with Crippen LogP contribution in [0.2, 0.25) is 5.02 Å². The van der Waals surface area contributed by atoms with Crippen molar-refractivity contribution in [3.8, 4) is 0 Å². The van der Waals surface area contributed by atoms with Crippen LogP contribution in [-0.2, 0) is 6.42 Å². The SMILES string of the molecule is CCc1ccc([B-](F)(F)F)cc1Cl.[K+]. The van der Waals surface area contributed by atoms with E-state index in [4.69, 9.17) is 11.6 Å². The van der Waals surface area contributed by atoms with Crippen molar-refractivity contribution >= 4 is 24.0 Å². The molecule has 0 N–H and O–H groups in total. The molecule has 0 aromatic heterocycles. The van der Waals surface area contributed by atoms with Crippen LogP contribution >= 0.6 is 11.6 Å². The van der Waals surface area contributed by atoms with Crippen LogP contribution in [0.15, 0.2) is 18.2 Å². The first-order chi connectivity index (χ1) is 5.95. The summed E-state index contributed by atoms with van der Waals surface area (Å²) in [5, 5.41) is 0.194. The van der Waals surface area contributed by atoms with E-state index in [0.29, 0.717) is 6.42 Å². The molecule has 0 fully saturated rings. The molecule has 0 aliphatic rings. The van der Waals surface area contributed by atoms with Gasteiger partial charge in [0.15, 0.2) is 0 Å². The topological polar surface area (TPSA) is 0 Å². The molecule has 0 amide bonds. The Balaban J connectivity index is 0.00000169. The predicted octanol–water partition coefficient (Wildman–Crippen LogP) is -0.0392. The normalized spacial score (nSPS) is 10.9. The quantitative estimate of drug-likeness (QED) is 0.643. The molecule has 0 saturated carbocycles. The van der Waals surface area contributed by atoms with Gasteiger partial charge >= 0.3 is 58.4 Å². The summed E-state index contributed by atoms with van der Waals surface area (Å²) in [4.78, 5) is 0. The van der Waals surface area contributed by atoms with Gasteiger partial charge in [-0.15, -0.1) is 5.46 Å². The van der Waals surface area contributed by atoms with Gasteiger partial charge in [0.25, 0.3) is 0 Å². The van der Waals surface area contributed by atoms with Crippen LogP contribution in [0.3, 0.4) is 0 Å². The summed E-state index contributed by atoms with van der Waals surface area (Å²) < 4.78 is 36.6. The fraction of sp³-hybridized carbons (Fsp3) is 0.250. The van der Waals surface area contributed by atoms with Crippen molar-refractivity contribution in [1.82, 2.24) is 0 Å². The van der Waals surface area contributed by atoms with Crippen molar-refractivity contribution in [2.75, 3.05) is 0 Å². The molecule has 0 bridgehead atoms. The maximum absolute atomic E-state index is 12.2. The minimum absolute atomic E-state index is 0. The Morgan fingerprint density at radius 3 is 2.21 bits per heavy atom. The maximum Gasteiger partial charge on any atom is 1.00 e. The largest absolute Gasteiger partial charge is 1.00 e. The summed E-state index contributed by atoms with van der Waals surface area (Å²) >= 11 is 5.65. The second-order valence-electron chi connectivity index (χ2n) is 2.78. The van der Waals surface area contributed by atoms with E-state index in [1.807, 2.05) is 6.92 Å². The van der Waals surface area contributed by atoms with Crippen LogP contribution in [0.5, 0.6) is 0 Å². The molecule has 0 nitrogen and oxygen atoms in total. The molecule has 0 aliphatic carbocycles. The zero-order valence-electron chi connectivity index (χ0n) is 8.03. The van der Waals surface area contributed by atoms with Crippen molar-refractivity contribution < 1.29 is 64.3 Å². The molecular weight excluding hydrogens is 238 g/mol. The summed E-state index contributed by atoms with van der Waals surface area (Å²) in [5.41, 5.74) is 0.104. The number of hydrogen-bond donors (Lipinski definition) is 0. The third kappa shape index (κ3) is 3.87. The van der Waals surface area contributed by atoms with Crippen molar-refractivity contribution in [2.45, 2.75) is 13.3 Å². The van der Waals surface area contributed by atoms with Crippen LogP contribution in [0.4, 0.5) is 12.9 Å². The number of hydrogen-bond acceptors (Lipinski definition) is 0. The number of aryl methyl sites for hydroxylation is 1. The molecule has 1 aromatic carbocycles. The van der Waals surface area contributed by atoms with E-state index >= 15 is 0 Å². The third-order valence-corrected chi connectivity index (χ3v) is 2.19. The Labute approximate surface area is 129 Å². The van der Waals surface area contributed by atoms with Crippen molar-refractivity contribution in [2.24, 2.45) is 0 Å². The van der Waals surface area contributed by atoms with Crippen LogP contribution in [0.25, 0.3) is 0 Å². The van der Waals surface area contributed by atoms with Crippen LogP contribution in [0, 0.1) is 0 Å². The average molecular weight is 247 g/mol. The zero-order valence-corrected chi connectivity index (χ0v) is 11.9. The second-order valence-corrected chi connectivity index (χ2v) is 3.19. The standard InChI is InChI=1S/C8H8BClF3.K/c1-2-6-3-4-7(5-8(6)10)9(11,12)13;/h3-5H,2H2,1H3;/q-1;+1. The second kappa shape index (κ2) is 5.92. The van der Waals surface area contributed by atoms with Crippen molar-refractivity contribution in [3.63, 3.8) is 0 Å². The van der Waals surface area contributed by atoms with Crippen molar-refractivity contribution in [1.29, 1.82) is 0 Å². The average Bonchev–Trinajstić information content (AvgIpc) is 2.02. The molecule has 0 radical (unpaired) electrons. The van der Waals surface area contributed by atoms with E-state index in [0.717, 1.165) is 17.7 Å². The Morgan fingerprint density at radius 2 is 1.86 bits per heavy atom. The number of halogens is 4. The molecule has 6 heteroatoms. The van der Waals surface area contributed by atoms with Crippen LogP contribution in [0.1, 0.15) is 12.5 Å². The van der Waals surface area contributed by atoms with E-state index in [1.165, 1.54) is 6.07 Å². The Kier molecular flexibility index (Phi) is 6.34. The minimum atomic E-state index is -4.93. The minimum Gasteiger partial charge on any atom is -0.445 e. The summed E-state index contributed by atoms with van der Waals surface area (Å²) in [6.45, 7) is -3.08. The first kappa shape index (κ1) is 15.0. The van der Waals surface area contributed by atoms with Gasteiger partial charge in [0.05, 0.1) is 0 Å². The number of benzene rings is 1. The smallest absolute Gasteiger partial charge is 0.445 e. The summed E-state index contributed by atoms with van der Waals surface area (Å²) in [6, 6.07) is 3.48. The molecule has 0 saturated heterocycles. The summed E-state index contributed by atoms with van der Waals surface area (Å²) in [6.07, 6.45) is 0.643. The first-order valence-electron chi connectivity index (χ1n) is 3.93. The van der Waals surface area contributed by atoms with Gasteiger partial charge in [0, 0.05) is 5.02 Å². The molecule has 0 spiro atoms. The summed E-state index contributed by atoms with van der Waals surface area (Å²) in [7, 11) is 0. The Bertz CT molecular complexity index is 314. The van der Waals surface area contributed by atoms with E-state index < -0.39 is 12.4 Å². The molecule has 0 unspecified atom stereocenters. The van der Waals surface area contributed by atoms with Gasteiger partial charge in [-0.3, -0.25) is 0 Å². The van der Waals surface area contributed by atoms with E-state index in [1.54, 1.807) is 0 Å². The van der Waals surface area contributed by atoms with Gasteiger partial charge in [0.1, 0.15) is 0 Å². The van der Waals surface area contributed by atoms with Crippen molar-refractivity contribution in [3.05, 3.63) is 28.8 Å². The fourth-order valence-corrected chi connectivity index (χ4v) is 1.38. The van der Waals surface area contributed by atoms with Crippen LogP contribution < -0.4 is 56.8 Å². The molecule has 1 aromatic rings. The molecular formula is C8H8BClF3K. The molecule has 0 heterocycles. The Hall–Kier alpha value is 1.00. The van der Waals surface area contributed by atoms with Gasteiger partial charge in [-0.2, -0.15) is 0 Å². The first-order valence-corrected chi connectivity index (χ1v) is 4.31. The monoisotopic (exact) mass is 246 g/mol. The predicted molar refractivity (Wildman–Crippen MR) is 49.5 cm³/mol. The van der Waals surface area contributed by atoms with E-state index in [-0.39, 0.29) is 56.4 Å². The van der Waals surface area contributed by atoms with Crippen LogP contribution in [-0.4, -0.2) is 6.98 Å². The zero-order chi connectivity index (χ0) is 10.1. The van der Waals surface area contributed by atoms with Gasteiger partial charge < -0.3 is 12.9 Å². The molecule has 72 valence electrons. The van der Waals surface area contributed by atoms with E-state index in [9.17, 15) is 12.9 Å². The maximum atomic E-state index is 12.2. The van der Waals surface area contributed by atoms with Gasteiger partial charge in [-0.1, -0.05) is 36.7 Å². The Morgan fingerprint density at radius 1 is 1.29 bits per heavy atom. The van der Waals surface area contributed by atoms with E-state index in [2.05, 4.69) is 0 Å². The summed E-state index contributed by atoms with van der Waals surface area (Å²) in [5.74, 6) is 0.